The second-order valence-corrected chi connectivity index (χ2v) is 9.72. The van der Waals surface area contributed by atoms with Crippen molar-refractivity contribution in [2.75, 3.05) is 12.3 Å². The zero-order valence-electron chi connectivity index (χ0n) is 18.6. The van der Waals surface area contributed by atoms with Gasteiger partial charge < -0.3 is 25.0 Å². The van der Waals surface area contributed by atoms with Crippen LogP contribution in [0, 0.1) is 5.92 Å². The monoisotopic (exact) mass is 506 g/mol. The molecule has 12 nitrogen and oxygen atoms in total. The number of hydrogen-bond donors (Lipinski definition) is 4. The molecule has 1 fully saturated rings. The molecule has 0 amide bonds. The molecule has 1 saturated carbocycles. The van der Waals surface area contributed by atoms with Gasteiger partial charge in [0.25, 0.3) is 0 Å². The van der Waals surface area contributed by atoms with Crippen molar-refractivity contribution in [3.8, 4) is 5.75 Å². The molecule has 2 heterocycles. The average molecular weight is 506 g/mol. The lowest BCUT2D eigenvalue weighted by Crippen LogP contribution is -2.34. The number of aliphatic hydroxyl groups is 1. The maximum absolute atomic E-state index is 15.3. The Kier molecular flexibility index (Phi) is 6.86. The van der Waals surface area contributed by atoms with Gasteiger partial charge in [-0.1, -0.05) is 24.8 Å². The fraction of sp³-hybridized carbons (Fsp3) is 0.333. The predicted molar refractivity (Wildman–Crippen MR) is 123 cm³/mol. The van der Waals surface area contributed by atoms with E-state index in [9.17, 15) is 19.6 Å². The van der Waals surface area contributed by atoms with E-state index >= 15 is 4.39 Å². The van der Waals surface area contributed by atoms with Crippen molar-refractivity contribution < 1.29 is 33.0 Å². The van der Waals surface area contributed by atoms with Gasteiger partial charge in [-0.05, 0) is 24.6 Å². The number of carboxylic acid groups (broad SMARTS) is 1. The van der Waals surface area contributed by atoms with Gasteiger partial charge in [0, 0.05) is 5.92 Å². The lowest BCUT2D eigenvalue weighted by atomic mass is 10.0. The van der Waals surface area contributed by atoms with Crippen molar-refractivity contribution in [3.05, 3.63) is 55.1 Å². The van der Waals surface area contributed by atoms with Crippen LogP contribution in [0.15, 0.2) is 55.1 Å². The van der Waals surface area contributed by atoms with Crippen LogP contribution >= 0.6 is 7.75 Å². The highest BCUT2D eigenvalue weighted by Gasteiger charge is 2.48. The predicted octanol–water partition coefficient (Wildman–Crippen LogP) is 2.10. The Hall–Kier alpha value is -3.38. The molecule has 6 atom stereocenters. The molecule has 5 N–H and O–H groups in total. The second kappa shape index (κ2) is 9.70. The quantitative estimate of drug-likeness (QED) is 0.247. The highest BCUT2D eigenvalue weighted by atomic mass is 31.2. The summed E-state index contributed by atoms with van der Waals surface area (Å²) in [5, 5.41) is 22.2. The summed E-state index contributed by atoms with van der Waals surface area (Å²) >= 11 is 0. The number of hydrogen-bond acceptors (Lipinski definition) is 9. The Morgan fingerprint density at radius 1 is 1.34 bits per heavy atom. The topological polar surface area (TPSA) is 175 Å². The summed E-state index contributed by atoms with van der Waals surface area (Å²) in [6, 6.07) is 5.66. The smallest absolute Gasteiger partial charge is 0.459 e. The number of benzene rings is 1. The maximum atomic E-state index is 15.3. The van der Waals surface area contributed by atoms with Crippen LogP contribution in [0.25, 0.3) is 11.2 Å². The molecule has 2 aromatic heterocycles. The van der Waals surface area contributed by atoms with E-state index in [1.807, 2.05) is 0 Å². The third-order valence-electron chi connectivity index (χ3n) is 5.70. The molecular formula is C21H24FN6O6P. The summed E-state index contributed by atoms with van der Waals surface area (Å²) < 4.78 is 41.0. The minimum absolute atomic E-state index is 0.117. The van der Waals surface area contributed by atoms with E-state index in [1.165, 1.54) is 36.3 Å². The van der Waals surface area contributed by atoms with Gasteiger partial charge in [0.1, 0.15) is 23.6 Å². The van der Waals surface area contributed by atoms with Crippen molar-refractivity contribution in [2.45, 2.75) is 31.3 Å². The molecule has 0 unspecified atom stereocenters. The van der Waals surface area contributed by atoms with Gasteiger partial charge in [-0.15, -0.1) is 0 Å². The molecule has 0 bridgehead atoms. The molecule has 0 spiro atoms. The molecule has 1 aromatic carbocycles. The van der Waals surface area contributed by atoms with Gasteiger partial charge >= 0.3 is 13.7 Å². The number of halogens is 1. The Morgan fingerprint density at radius 2 is 2.06 bits per heavy atom. The molecule has 1 aliphatic carbocycles. The first-order valence-electron chi connectivity index (χ1n) is 10.5. The minimum Gasteiger partial charge on any atom is -0.480 e. The molecule has 14 heteroatoms. The van der Waals surface area contributed by atoms with Crippen molar-refractivity contribution in [3.63, 3.8) is 0 Å². The number of nitrogens with two attached hydrogens (primary N) is 1. The number of nitrogen functional groups attached to an aromatic ring is 1. The molecule has 35 heavy (non-hydrogen) atoms. The number of alkyl halides is 1. The van der Waals surface area contributed by atoms with Crippen LogP contribution in [0.1, 0.15) is 13.0 Å². The van der Waals surface area contributed by atoms with Gasteiger partial charge in [0.05, 0.1) is 25.1 Å². The second-order valence-electron chi connectivity index (χ2n) is 8.03. The number of aromatic nitrogens is 4. The van der Waals surface area contributed by atoms with Crippen molar-refractivity contribution in [1.82, 2.24) is 24.6 Å². The summed E-state index contributed by atoms with van der Waals surface area (Å²) in [7, 11) is -4.26. The van der Waals surface area contributed by atoms with Crippen LogP contribution in [-0.4, -0.2) is 60.6 Å². The van der Waals surface area contributed by atoms with Gasteiger partial charge in [-0.25, -0.2) is 23.9 Å². The van der Waals surface area contributed by atoms with Crippen LogP contribution in [0.2, 0.25) is 0 Å². The first-order valence-corrected chi connectivity index (χ1v) is 12.1. The van der Waals surface area contributed by atoms with Gasteiger partial charge in [-0.3, -0.25) is 9.32 Å². The maximum Gasteiger partial charge on any atom is 0.459 e. The molecule has 3 aromatic rings. The number of nitrogens with one attached hydrogen (secondary N) is 1. The number of aliphatic hydroxyl groups excluding tert-OH is 1. The summed E-state index contributed by atoms with van der Waals surface area (Å²) in [6.07, 6.45) is -0.839. The van der Waals surface area contributed by atoms with E-state index in [0.29, 0.717) is 0 Å². The standard InChI is InChI=1S/C21H24FN6O6P/c1-11-14(8-33-35(32,27-12(2)21(30)31)34-13-6-4-3-5-7-13)18(29)15(22)17(11)28-10-26-16-19(23)24-9-25-20(16)28/h3-7,9-10,12,14-15,17-18,29H,1,8H2,2H3,(H,27,32)(H,30,31)(H2,23,24,25)/t12-,14+,15-,17-,18-,35+/m1/s1. The normalized spacial score (nSPS) is 24.8. The summed E-state index contributed by atoms with van der Waals surface area (Å²) in [4.78, 5) is 23.4. The number of aliphatic carboxylic acids is 1. The fourth-order valence-corrected chi connectivity index (χ4v) is 5.36. The zero-order valence-corrected chi connectivity index (χ0v) is 19.5. The van der Waals surface area contributed by atoms with Crippen LogP contribution in [0.4, 0.5) is 10.2 Å². The largest absolute Gasteiger partial charge is 0.480 e. The van der Waals surface area contributed by atoms with E-state index in [4.69, 9.17) is 14.8 Å². The lowest BCUT2D eigenvalue weighted by Gasteiger charge is -2.24. The highest BCUT2D eigenvalue weighted by molar-refractivity contribution is 7.52. The Balaban J connectivity index is 1.56. The number of carboxylic acids is 1. The Labute approximate surface area is 199 Å². The van der Waals surface area contributed by atoms with E-state index in [1.54, 1.807) is 18.2 Å². The van der Waals surface area contributed by atoms with Crippen LogP contribution in [0.5, 0.6) is 5.75 Å². The van der Waals surface area contributed by atoms with E-state index in [2.05, 4.69) is 26.6 Å². The van der Waals surface area contributed by atoms with E-state index in [-0.39, 0.29) is 28.3 Å². The summed E-state index contributed by atoms with van der Waals surface area (Å²) in [6.45, 7) is 4.73. The number of carbonyl (C=O) groups is 1. The average Bonchev–Trinajstić information content (AvgIpc) is 3.32. The van der Waals surface area contributed by atoms with Gasteiger partial charge in [0.2, 0.25) is 0 Å². The van der Waals surface area contributed by atoms with Crippen LogP contribution in [0.3, 0.4) is 0 Å². The van der Waals surface area contributed by atoms with Crippen molar-refractivity contribution in [2.24, 2.45) is 5.92 Å². The molecule has 186 valence electrons. The summed E-state index contributed by atoms with van der Waals surface area (Å²) in [5.74, 6) is -2.00. The van der Waals surface area contributed by atoms with Crippen molar-refractivity contribution in [1.29, 1.82) is 0 Å². The molecule has 4 rings (SSSR count). The first-order chi connectivity index (χ1) is 16.6. The molecule has 0 saturated heterocycles. The number of nitrogens with zero attached hydrogens (tertiary/aromatic N) is 4. The Bertz CT molecular complexity index is 1290. The lowest BCUT2D eigenvalue weighted by molar-refractivity contribution is -0.138. The van der Waals surface area contributed by atoms with Crippen LogP contribution in [-0.2, 0) is 13.9 Å². The van der Waals surface area contributed by atoms with Gasteiger partial charge in [-0.2, -0.15) is 5.09 Å². The number of imidazole rings is 1. The first kappa shape index (κ1) is 24.7. The fourth-order valence-electron chi connectivity index (χ4n) is 3.84. The number of fused-ring (bicyclic) bond motifs is 1. The molecule has 0 radical (unpaired) electrons. The number of para-hydroxylation sites is 1. The number of rotatable bonds is 9. The molecule has 0 aliphatic heterocycles. The number of anilines is 1. The minimum atomic E-state index is -4.26. The zero-order chi connectivity index (χ0) is 25.3. The molecule has 1 aliphatic rings. The molecular weight excluding hydrogens is 482 g/mol. The third kappa shape index (κ3) is 4.89. The summed E-state index contributed by atoms with van der Waals surface area (Å²) in [5.41, 5.74) is 6.57. The SMILES string of the molecule is C=C1[C@@H](n2cnc3c(N)ncnc32)[C@@H](F)[C@H](O)[C@H]1CO[P@@](=O)(N[C@H](C)C(=O)O)Oc1ccccc1. The van der Waals surface area contributed by atoms with E-state index in [0.717, 1.165) is 0 Å². The Morgan fingerprint density at radius 3 is 2.74 bits per heavy atom. The van der Waals surface area contributed by atoms with Gasteiger partial charge in [0.15, 0.2) is 17.6 Å². The highest BCUT2D eigenvalue weighted by Crippen LogP contribution is 2.48. The van der Waals surface area contributed by atoms with Crippen molar-refractivity contribution >= 4 is 30.7 Å². The third-order valence-corrected chi connectivity index (χ3v) is 7.34. The van der Waals surface area contributed by atoms with E-state index < -0.39 is 50.6 Å². The van der Waals surface area contributed by atoms with Crippen LogP contribution < -0.4 is 15.3 Å².